The molecule has 0 aliphatic heterocycles. The number of fused-ring (bicyclic) bond motifs is 1. The summed E-state index contributed by atoms with van der Waals surface area (Å²) in [4.78, 5) is 28.8. The predicted molar refractivity (Wildman–Crippen MR) is 132 cm³/mol. The Morgan fingerprint density at radius 1 is 0.971 bits per heavy atom. The van der Waals surface area contributed by atoms with Crippen LogP contribution in [-0.2, 0) is 20.9 Å². The van der Waals surface area contributed by atoms with E-state index in [1.165, 1.54) is 4.90 Å². The number of hydrogen-bond donors (Lipinski definition) is 1. The Balaban J connectivity index is 1.75. The number of rotatable bonds is 10. The van der Waals surface area contributed by atoms with Gasteiger partial charge in [0.1, 0.15) is 23.9 Å². The lowest BCUT2D eigenvalue weighted by Crippen LogP contribution is -2.46. The van der Waals surface area contributed by atoms with Crippen molar-refractivity contribution in [1.82, 2.24) is 20.3 Å². The third kappa shape index (κ3) is 5.47. The summed E-state index contributed by atoms with van der Waals surface area (Å²) in [6.07, 6.45) is 0. The summed E-state index contributed by atoms with van der Waals surface area (Å²) in [6, 6.07) is 22.7. The number of methoxy groups -OCH3 is 2. The highest BCUT2D eigenvalue weighted by Gasteiger charge is 2.33. The molecule has 3 aromatic carbocycles. The van der Waals surface area contributed by atoms with E-state index in [9.17, 15) is 9.59 Å². The van der Waals surface area contributed by atoms with Crippen LogP contribution in [0, 0.1) is 0 Å². The summed E-state index contributed by atoms with van der Waals surface area (Å²) < 4.78 is 11.9. The molecule has 35 heavy (non-hydrogen) atoms. The second-order valence-electron chi connectivity index (χ2n) is 7.79. The Morgan fingerprint density at radius 3 is 2.40 bits per heavy atom. The van der Waals surface area contributed by atoms with Crippen LogP contribution in [0.4, 0.5) is 5.69 Å². The molecule has 1 atom stereocenters. The van der Waals surface area contributed by atoms with Crippen LogP contribution >= 0.6 is 0 Å². The highest BCUT2D eigenvalue weighted by molar-refractivity contribution is 6.01. The molecule has 0 spiro atoms. The lowest BCUT2D eigenvalue weighted by atomic mass is 10.0. The summed E-state index contributed by atoms with van der Waals surface area (Å²) in [5.74, 6) is 0.00616. The van der Waals surface area contributed by atoms with E-state index in [-0.39, 0.29) is 18.4 Å². The van der Waals surface area contributed by atoms with Gasteiger partial charge in [0.2, 0.25) is 11.8 Å². The maximum atomic E-state index is 13.9. The molecule has 0 aliphatic rings. The van der Waals surface area contributed by atoms with Gasteiger partial charge in [0.15, 0.2) is 0 Å². The number of hydrogen-bond acceptors (Lipinski definition) is 6. The summed E-state index contributed by atoms with van der Waals surface area (Å²) >= 11 is 0. The van der Waals surface area contributed by atoms with Gasteiger partial charge in [0, 0.05) is 19.3 Å². The minimum atomic E-state index is -0.913. The fraction of sp³-hybridized carbons (Fsp3) is 0.231. The van der Waals surface area contributed by atoms with Crippen molar-refractivity contribution in [2.75, 3.05) is 32.3 Å². The summed E-state index contributed by atoms with van der Waals surface area (Å²) in [6.45, 7) is 0.576. The van der Waals surface area contributed by atoms with Gasteiger partial charge in [-0.3, -0.25) is 14.5 Å². The molecule has 9 heteroatoms. The van der Waals surface area contributed by atoms with E-state index >= 15 is 0 Å². The van der Waals surface area contributed by atoms with Gasteiger partial charge in [-0.15, -0.1) is 5.10 Å². The minimum absolute atomic E-state index is 0.0960. The zero-order chi connectivity index (χ0) is 24.6. The van der Waals surface area contributed by atoms with E-state index in [2.05, 4.69) is 15.6 Å². The number of para-hydroxylation sites is 1. The number of aromatic nitrogens is 3. The van der Waals surface area contributed by atoms with E-state index < -0.39 is 6.04 Å². The molecular formula is C26H27N5O4. The molecule has 0 aliphatic carbocycles. The van der Waals surface area contributed by atoms with Crippen molar-refractivity contribution in [2.24, 2.45) is 0 Å². The number of ether oxygens (including phenoxy) is 2. The Kier molecular flexibility index (Phi) is 7.69. The molecule has 0 radical (unpaired) electrons. The van der Waals surface area contributed by atoms with E-state index in [0.29, 0.717) is 35.7 Å². The Hall–Kier alpha value is -4.24. The second kappa shape index (κ2) is 11.3. The van der Waals surface area contributed by atoms with Crippen LogP contribution < -0.4 is 15.0 Å². The number of amides is 2. The number of anilines is 1. The molecule has 1 N–H and O–H groups in total. The molecule has 1 heterocycles. The van der Waals surface area contributed by atoms with Gasteiger partial charge in [0.05, 0.1) is 19.2 Å². The largest absolute Gasteiger partial charge is 0.497 e. The van der Waals surface area contributed by atoms with E-state index in [1.54, 1.807) is 43.2 Å². The first-order valence-electron chi connectivity index (χ1n) is 11.2. The van der Waals surface area contributed by atoms with Gasteiger partial charge in [-0.2, -0.15) is 0 Å². The van der Waals surface area contributed by atoms with Gasteiger partial charge in [-0.05, 0) is 42.0 Å². The average molecular weight is 474 g/mol. The van der Waals surface area contributed by atoms with Gasteiger partial charge < -0.3 is 14.8 Å². The third-order valence-electron chi connectivity index (χ3n) is 5.55. The van der Waals surface area contributed by atoms with Crippen molar-refractivity contribution in [3.05, 3.63) is 84.4 Å². The van der Waals surface area contributed by atoms with Crippen LogP contribution in [0.15, 0.2) is 78.9 Å². The normalized spacial score (nSPS) is 11.7. The lowest BCUT2D eigenvalue weighted by molar-refractivity contribution is -0.127. The fourth-order valence-electron chi connectivity index (χ4n) is 3.84. The Bertz CT molecular complexity index is 1270. The highest BCUT2D eigenvalue weighted by atomic mass is 16.5. The molecule has 2 amide bonds. The highest BCUT2D eigenvalue weighted by Crippen LogP contribution is 2.30. The molecule has 4 rings (SSSR count). The lowest BCUT2D eigenvalue weighted by Gasteiger charge is -2.31. The van der Waals surface area contributed by atoms with Crippen molar-refractivity contribution >= 4 is 28.5 Å². The summed E-state index contributed by atoms with van der Waals surface area (Å²) in [5.41, 5.74) is 2.65. The SMILES string of the molecule is COCCNC(=O)[C@H](c1ccccc1)N(C(=O)Cn1nnc2ccccc21)c1ccc(OC)cc1. The standard InChI is InChI=1S/C26H27N5O4/c1-34-17-16-27-26(33)25(19-8-4-3-5-9-19)31(20-12-14-21(35-2)15-13-20)24(32)18-30-23-11-7-6-10-22(23)28-29-30/h3-15,25H,16-18H2,1-2H3,(H,27,33)/t25-/m0/s1. The topological polar surface area (TPSA) is 98.6 Å². The van der Waals surface area contributed by atoms with Crippen molar-refractivity contribution in [3.63, 3.8) is 0 Å². The second-order valence-corrected chi connectivity index (χ2v) is 7.79. The van der Waals surface area contributed by atoms with Gasteiger partial charge in [-0.25, -0.2) is 4.68 Å². The first kappa shape index (κ1) is 23.9. The van der Waals surface area contributed by atoms with Crippen LogP contribution in [0.1, 0.15) is 11.6 Å². The van der Waals surface area contributed by atoms with E-state index in [0.717, 1.165) is 5.52 Å². The van der Waals surface area contributed by atoms with Crippen LogP contribution in [0.2, 0.25) is 0 Å². The number of benzene rings is 3. The Morgan fingerprint density at radius 2 is 1.69 bits per heavy atom. The van der Waals surface area contributed by atoms with Crippen LogP contribution in [0.25, 0.3) is 11.0 Å². The maximum absolute atomic E-state index is 13.9. The van der Waals surface area contributed by atoms with E-state index in [1.807, 2.05) is 54.6 Å². The maximum Gasteiger partial charge on any atom is 0.249 e. The molecule has 0 saturated heterocycles. The monoisotopic (exact) mass is 473 g/mol. The van der Waals surface area contributed by atoms with E-state index in [4.69, 9.17) is 9.47 Å². The van der Waals surface area contributed by atoms with Crippen molar-refractivity contribution in [1.29, 1.82) is 0 Å². The number of nitrogens with zero attached hydrogens (tertiary/aromatic N) is 4. The molecule has 9 nitrogen and oxygen atoms in total. The fourth-order valence-corrected chi connectivity index (χ4v) is 3.84. The molecule has 1 aromatic heterocycles. The zero-order valence-corrected chi connectivity index (χ0v) is 19.6. The molecule has 0 fully saturated rings. The smallest absolute Gasteiger partial charge is 0.249 e. The predicted octanol–water partition coefficient (Wildman–Crippen LogP) is 2.98. The summed E-state index contributed by atoms with van der Waals surface area (Å²) in [5, 5.41) is 11.2. The molecule has 0 unspecified atom stereocenters. The van der Waals surface area contributed by atoms with Crippen molar-refractivity contribution in [3.8, 4) is 5.75 Å². The Labute approximate surface area is 203 Å². The van der Waals surface area contributed by atoms with Crippen LogP contribution in [0.5, 0.6) is 5.75 Å². The van der Waals surface area contributed by atoms with Crippen LogP contribution in [0.3, 0.4) is 0 Å². The average Bonchev–Trinajstić information content (AvgIpc) is 3.30. The molecule has 0 saturated carbocycles. The molecule has 4 aromatic rings. The first-order valence-corrected chi connectivity index (χ1v) is 11.2. The van der Waals surface area contributed by atoms with Crippen LogP contribution in [-0.4, -0.2) is 54.2 Å². The minimum Gasteiger partial charge on any atom is -0.497 e. The third-order valence-corrected chi connectivity index (χ3v) is 5.55. The number of carbonyl (C=O) groups is 2. The van der Waals surface area contributed by atoms with Gasteiger partial charge in [-0.1, -0.05) is 47.7 Å². The number of nitrogens with one attached hydrogen (secondary N) is 1. The quantitative estimate of drug-likeness (QED) is 0.356. The molecule has 180 valence electrons. The van der Waals surface area contributed by atoms with Crippen molar-refractivity contribution < 1.29 is 19.1 Å². The van der Waals surface area contributed by atoms with Gasteiger partial charge in [0.25, 0.3) is 0 Å². The summed E-state index contributed by atoms with van der Waals surface area (Å²) in [7, 11) is 3.14. The first-order chi connectivity index (χ1) is 17.1. The zero-order valence-electron chi connectivity index (χ0n) is 19.6. The van der Waals surface area contributed by atoms with Crippen molar-refractivity contribution in [2.45, 2.75) is 12.6 Å². The number of carbonyl (C=O) groups excluding carboxylic acids is 2. The molecular weight excluding hydrogens is 446 g/mol. The molecule has 0 bridgehead atoms. The van der Waals surface area contributed by atoms with Gasteiger partial charge >= 0.3 is 0 Å².